The number of carbonyl (C=O) groups is 2. The topological polar surface area (TPSA) is 88.9 Å². The number of para-hydroxylation sites is 1. The van der Waals surface area contributed by atoms with Crippen molar-refractivity contribution in [2.75, 3.05) is 10.7 Å². The molecular formula is C13H15N5O2. The maximum atomic E-state index is 11.9. The first-order chi connectivity index (χ1) is 9.61. The molecule has 104 valence electrons. The molecule has 2 N–H and O–H groups in total. The molecule has 20 heavy (non-hydrogen) atoms. The number of nitrogens with one attached hydrogen (secondary N) is 2. The average molecular weight is 273 g/mol. The molecule has 0 saturated carbocycles. The third-order valence-corrected chi connectivity index (χ3v) is 2.83. The van der Waals surface area contributed by atoms with Crippen molar-refractivity contribution in [3.8, 4) is 0 Å². The Kier molecular flexibility index (Phi) is 4.09. The Balaban J connectivity index is 2.10. The Morgan fingerprint density at radius 2 is 1.90 bits per heavy atom. The second kappa shape index (κ2) is 5.96. The lowest BCUT2D eigenvalue weighted by Crippen LogP contribution is -2.34. The average Bonchev–Trinajstić information content (AvgIpc) is 2.93. The quantitative estimate of drug-likeness (QED) is 0.812. The van der Waals surface area contributed by atoms with Crippen molar-refractivity contribution in [2.24, 2.45) is 0 Å². The summed E-state index contributed by atoms with van der Waals surface area (Å²) in [6, 6.07) is 5.72. The summed E-state index contributed by atoms with van der Waals surface area (Å²) in [6.07, 6.45) is 3.34. The standard InChI is InChI=1S/C13H15N5O2/c1-3-10-6-4-5-9(2)11(10)16-12(19)13(20)17-18-7-14-15-8-18/h4-8H,3H2,1-2H3,(H,16,19)(H,17,20). The highest BCUT2D eigenvalue weighted by molar-refractivity contribution is 6.42. The number of aryl methyl sites for hydroxylation is 2. The molecule has 0 aliphatic carbocycles. The second-order valence-electron chi connectivity index (χ2n) is 4.23. The first-order valence-corrected chi connectivity index (χ1v) is 6.17. The first kappa shape index (κ1) is 13.7. The van der Waals surface area contributed by atoms with E-state index in [1.807, 2.05) is 32.0 Å². The molecule has 7 heteroatoms. The van der Waals surface area contributed by atoms with Crippen molar-refractivity contribution in [3.05, 3.63) is 42.0 Å². The van der Waals surface area contributed by atoms with Crippen LogP contribution in [0.5, 0.6) is 0 Å². The highest BCUT2D eigenvalue weighted by Gasteiger charge is 2.16. The van der Waals surface area contributed by atoms with Crippen LogP contribution in [0.1, 0.15) is 18.1 Å². The van der Waals surface area contributed by atoms with Gasteiger partial charge in [0.25, 0.3) is 0 Å². The van der Waals surface area contributed by atoms with Crippen molar-refractivity contribution in [2.45, 2.75) is 20.3 Å². The predicted molar refractivity (Wildman–Crippen MR) is 73.6 cm³/mol. The van der Waals surface area contributed by atoms with Gasteiger partial charge in [0.2, 0.25) is 0 Å². The van der Waals surface area contributed by atoms with Crippen LogP contribution in [0, 0.1) is 6.92 Å². The minimum atomic E-state index is -0.782. The van der Waals surface area contributed by atoms with Gasteiger partial charge in [0.1, 0.15) is 12.7 Å². The lowest BCUT2D eigenvalue weighted by molar-refractivity contribution is -0.133. The van der Waals surface area contributed by atoms with Crippen LogP contribution in [-0.2, 0) is 16.0 Å². The minimum Gasteiger partial charge on any atom is -0.317 e. The summed E-state index contributed by atoms with van der Waals surface area (Å²) in [7, 11) is 0. The zero-order chi connectivity index (χ0) is 14.5. The zero-order valence-corrected chi connectivity index (χ0v) is 11.3. The van der Waals surface area contributed by atoms with Gasteiger partial charge in [0.05, 0.1) is 0 Å². The largest absolute Gasteiger partial charge is 0.328 e. The van der Waals surface area contributed by atoms with Crippen LogP contribution in [-0.4, -0.2) is 26.7 Å². The normalized spacial score (nSPS) is 10.1. The first-order valence-electron chi connectivity index (χ1n) is 6.17. The molecular weight excluding hydrogens is 258 g/mol. The number of hydrogen-bond donors (Lipinski definition) is 2. The number of nitrogens with zero attached hydrogens (tertiary/aromatic N) is 3. The van der Waals surface area contributed by atoms with Gasteiger partial charge in [-0.2, -0.15) is 0 Å². The van der Waals surface area contributed by atoms with E-state index in [1.165, 1.54) is 17.3 Å². The fourth-order valence-electron chi connectivity index (χ4n) is 1.80. The van der Waals surface area contributed by atoms with Crippen molar-refractivity contribution in [1.29, 1.82) is 0 Å². The van der Waals surface area contributed by atoms with Gasteiger partial charge in [-0.3, -0.25) is 15.0 Å². The molecule has 2 aromatic rings. The summed E-state index contributed by atoms with van der Waals surface area (Å²) in [6.45, 7) is 3.87. The van der Waals surface area contributed by atoms with E-state index < -0.39 is 11.8 Å². The monoisotopic (exact) mass is 273 g/mol. The minimum absolute atomic E-state index is 0.680. The molecule has 0 saturated heterocycles. The smallest absolute Gasteiger partial charge is 0.317 e. The van der Waals surface area contributed by atoms with E-state index in [-0.39, 0.29) is 0 Å². The number of carbonyl (C=O) groups excluding carboxylic acids is 2. The Bertz CT molecular complexity index is 622. The molecule has 2 amide bonds. The lowest BCUT2D eigenvalue weighted by Gasteiger charge is -2.12. The number of aromatic nitrogens is 3. The Hall–Kier alpha value is -2.70. The van der Waals surface area contributed by atoms with Crippen LogP contribution in [0.2, 0.25) is 0 Å². The van der Waals surface area contributed by atoms with Crippen LogP contribution in [0.3, 0.4) is 0 Å². The van der Waals surface area contributed by atoms with Gasteiger partial charge in [-0.25, -0.2) is 4.68 Å². The van der Waals surface area contributed by atoms with Gasteiger partial charge in [-0.1, -0.05) is 25.1 Å². The molecule has 7 nitrogen and oxygen atoms in total. The number of benzene rings is 1. The summed E-state index contributed by atoms with van der Waals surface area (Å²) in [5.74, 6) is -1.52. The van der Waals surface area contributed by atoms with Crippen LogP contribution in [0.25, 0.3) is 0 Å². The molecule has 2 rings (SSSR count). The third kappa shape index (κ3) is 3.00. The molecule has 1 aromatic heterocycles. The van der Waals surface area contributed by atoms with Gasteiger partial charge in [-0.15, -0.1) is 10.2 Å². The molecule has 0 spiro atoms. The highest BCUT2D eigenvalue weighted by Crippen LogP contribution is 2.20. The predicted octanol–water partition coefficient (Wildman–Crippen LogP) is 0.858. The summed E-state index contributed by atoms with van der Waals surface area (Å²) in [4.78, 5) is 23.6. The van der Waals surface area contributed by atoms with E-state index >= 15 is 0 Å². The van der Waals surface area contributed by atoms with E-state index in [1.54, 1.807) is 0 Å². The molecule has 1 heterocycles. The molecule has 0 aliphatic rings. The van der Waals surface area contributed by atoms with Gasteiger partial charge < -0.3 is 5.32 Å². The van der Waals surface area contributed by atoms with Crippen molar-refractivity contribution in [3.63, 3.8) is 0 Å². The van der Waals surface area contributed by atoms with E-state index in [9.17, 15) is 9.59 Å². The maximum absolute atomic E-state index is 11.9. The van der Waals surface area contributed by atoms with Crippen molar-refractivity contribution in [1.82, 2.24) is 14.9 Å². The number of amides is 2. The highest BCUT2D eigenvalue weighted by atomic mass is 16.2. The summed E-state index contributed by atoms with van der Waals surface area (Å²) in [5, 5.41) is 9.69. The zero-order valence-electron chi connectivity index (χ0n) is 11.3. The molecule has 0 atom stereocenters. The molecule has 0 unspecified atom stereocenters. The molecule has 1 aromatic carbocycles. The van der Waals surface area contributed by atoms with E-state index in [0.29, 0.717) is 5.69 Å². The second-order valence-corrected chi connectivity index (χ2v) is 4.23. The van der Waals surface area contributed by atoms with Gasteiger partial charge in [0.15, 0.2) is 0 Å². The van der Waals surface area contributed by atoms with Crippen LogP contribution >= 0.6 is 0 Å². The summed E-state index contributed by atoms with van der Waals surface area (Å²) < 4.78 is 1.21. The van der Waals surface area contributed by atoms with Crippen LogP contribution in [0.4, 0.5) is 5.69 Å². The number of anilines is 1. The Morgan fingerprint density at radius 1 is 1.20 bits per heavy atom. The SMILES string of the molecule is CCc1cccc(C)c1NC(=O)C(=O)Nn1cnnc1. The number of hydrogen-bond acceptors (Lipinski definition) is 4. The molecule has 0 aliphatic heterocycles. The van der Waals surface area contributed by atoms with Crippen LogP contribution in [0.15, 0.2) is 30.9 Å². The lowest BCUT2D eigenvalue weighted by atomic mass is 10.1. The van der Waals surface area contributed by atoms with Crippen LogP contribution < -0.4 is 10.7 Å². The van der Waals surface area contributed by atoms with Gasteiger partial charge >= 0.3 is 11.8 Å². The summed E-state index contributed by atoms with van der Waals surface area (Å²) in [5.41, 5.74) is 4.91. The van der Waals surface area contributed by atoms with Gasteiger partial charge in [0, 0.05) is 5.69 Å². The fraction of sp³-hybridized carbons (Fsp3) is 0.231. The van der Waals surface area contributed by atoms with Crippen molar-refractivity contribution >= 4 is 17.5 Å². The van der Waals surface area contributed by atoms with E-state index in [0.717, 1.165) is 17.5 Å². The Morgan fingerprint density at radius 3 is 2.55 bits per heavy atom. The fourth-order valence-corrected chi connectivity index (χ4v) is 1.80. The molecule has 0 bridgehead atoms. The maximum Gasteiger partial charge on any atom is 0.328 e. The van der Waals surface area contributed by atoms with Crippen molar-refractivity contribution < 1.29 is 9.59 Å². The molecule has 0 radical (unpaired) electrons. The molecule has 0 fully saturated rings. The van der Waals surface area contributed by atoms with Gasteiger partial charge in [-0.05, 0) is 24.5 Å². The number of rotatable bonds is 3. The third-order valence-electron chi connectivity index (χ3n) is 2.83. The van der Waals surface area contributed by atoms with E-state index in [2.05, 4.69) is 20.9 Å². The summed E-state index contributed by atoms with van der Waals surface area (Å²) >= 11 is 0. The van der Waals surface area contributed by atoms with E-state index in [4.69, 9.17) is 0 Å². The Labute approximate surface area is 116 Å².